The maximum absolute atomic E-state index is 13.5. The Balaban J connectivity index is 1.65. The van der Waals surface area contributed by atoms with Gasteiger partial charge in [0.25, 0.3) is 5.91 Å². The number of ether oxygens (including phenoxy) is 1. The molecule has 2 N–H and O–H groups in total. The lowest BCUT2D eigenvalue weighted by Crippen LogP contribution is -2.31. The van der Waals surface area contributed by atoms with Gasteiger partial charge in [-0.2, -0.15) is 0 Å². The van der Waals surface area contributed by atoms with Crippen LogP contribution in [-0.2, 0) is 9.53 Å². The lowest BCUT2D eigenvalue weighted by molar-refractivity contribution is -0.113. The average Bonchev–Trinajstić information content (AvgIpc) is 3.21. The van der Waals surface area contributed by atoms with Crippen LogP contribution < -0.4 is 10.6 Å². The Morgan fingerprint density at radius 3 is 2.39 bits per heavy atom. The second kappa shape index (κ2) is 8.27. The average molecular weight is 438 g/mol. The van der Waals surface area contributed by atoms with E-state index < -0.39 is 12.0 Å². The summed E-state index contributed by atoms with van der Waals surface area (Å²) < 4.78 is 6.85. The monoisotopic (exact) mass is 438 g/mol. The first kappa shape index (κ1) is 20.5. The van der Waals surface area contributed by atoms with Crippen LogP contribution in [-0.4, -0.2) is 28.5 Å². The molecule has 0 radical (unpaired) electrons. The summed E-state index contributed by atoms with van der Waals surface area (Å²) in [7, 11) is 1.35. The number of benzene rings is 3. The van der Waals surface area contributed by atoms with Gasteiger partial charge in [-0.05, 0) is 48.9 Å². The molecule has 1 aliphatic heterocycles. The molecule has 5 rings (SSSR count). The van der Waals surface area contributed by atoms with E-state index in [1.54, 1.807) is 12.1 Å². The molecular formula is C26H22N4O3. The quantitative estimate of drug-likeness (QED) is 0.449. The Kier molecular flexibility index (Phi) is 5.14. The Hall–Kier alpha value is -4.39. The van der Waals surface area contributed by atoms with Crippen molar-refractivity contribution in [2.45, 2.75) is 13.0 Å². The number of nitrogens with zero attached hydrogens (tertiary/aromatic N) is 2. The molecule has 0 aliphatic carbocycles. The fourth-order valence-electron chi connectivity index (χ4n) is 4.21. The number of fused-ring (bicyclic) bond motifs is 3. The summed E-state index contributed by atoms with van der Waals surface area (Å²) in [6, 6.07) is 23.8. The summed E-state index contributed by atoms with van der Waals surface area (Å²) in [5.74, 6) is 0.0399. The van der Waals surface area contributed by atoms with Crippen molar-refractivity contribution in [1.82, 2.24) is 9.55 Å². The zero-order chi connectivity index (χ0) is 22.9. The molecule has 1 amide bonds. The van der Waals surface area contributed by atoms with Gasteiger partial charge in [0.2, 0.25) is 5.95 Å². The van der Waals surface area contributed by atoms with E-state index in [9.17, 15) is 9.59 Å². The molecule has 0 saturated heterocycles. The molecule has 3 aromatic carbocycles. The van der Waals surface area contributed by atoms with E-state index in [4.69, 9.17) is 9.72 Å². The van der Waals surface area contributed by atoms with Gasteiger partial charge in [-0.15, -0.1) is 0 Å². The van der Waals surface area contributed by atoms with Crippen molar-refractivity contribution in [2.75, 3.05) is 17.7 Å². The summed E-state index contributed by atoms with van der Waals surface area (Å²) in [6.07, 6.45) is 0. The Morgan fingerprint density at radius 1 is 0.970 bits per heavy atom. The molecule has 0 unspecified atom stereocenters. The summed E-state index contributed by atoms with van der Waals surface area (Å²) in [5, 5.41) is 6.31. The molecule has 4 aromatic rings. The minimum absolute atomic E-state index is 0.211. The van der Waals surface area contributed by atoms with Crippen molar-refractivity contribution >= 4 is 34.5 Å². The van der Waals surface area contributed by atoms with E-state index in [-0.39, 0.29) is 5.91 Å². The first-order valence-corrected chi connectivity index (χ1v) is 10.6. The number of methoxy groups -OCH3 is 1. The molecule has 1 atom stereocenters. The molecule has 7 heteroatoms. The smallest absolute Gasteiger partial charge is 0.337 e. The fourth-order valence-corrected chi connectivity index (χ4v) is 4.21. The lowest BCUT2D eigenvalue weighted by Gasteiger charge is -2.30. The van der Waals surface area contributed by atoms with Gasteiger partial charge >= 0.3 is 5.97 Å². The van der Waals surface area contributed by atoms with Crippen LogP contribution >= 0.6 is 0 Å². The molecule has 2 heterocycles. The van der Waals surface area contributed by atoms with Crippen molar-refractivity contribution in [2.24, 2.45) is 0 Å². The van der Waals surface area contributed by atoms with E-state index in [1.165, 1.54) is 7.11 Å². The third kappa shape index (κ3) is 3.63. The standard InChI is InChI=1S/C26H22N4O3/c1-16-22(24(31)28-19-8-4-3-5-9-19)23(17-12-14-18(15-13-17)25(32)33-2)30-21-11-7-6-10-20(21)29-26(30)27-16/h3-15,23H,1-2H3,(H,27,29)(H,28,31)/t23-/m0/s1. The van der Waals surface area contributed by atoms with Crippen LogP contribution in [0.4, 0.5) is 11.6 Å². The topological polar surface area (TPSA) is 85.2 Å². The van der Waals surface area contributed by atoms with E-state index in [0.29, 0.717) is 28.5 Å². The number of allylic oxidation sites excluding steroid dienone is 1. The highest BCUT2D eigenvalue weighted by molar-refractivity contribution is 6.06. The second-order valence-corrected chi connectivity index (χ2v) is 7.79. The van der Waals surface area contributed by atoms with E-state index in [0.717, 1.165) is 16.6 Å². The van der Waals surface area contributed by atoms with Crippen molar-refractivity contribution in [3.8, 4) is 0 Å². The van der Waals surface area contributed by atoms with Crippen LogP contribution in [0.1, 0.15) is 28.9 Å². The SMILES string of the molecule is COC(=O)c1ccc([C@H]2C(C(=O)Nc3ccccc3)=C(C)Nc3nc4ccccc4n32)cc1. The fraction of sp³-hybridized carbons (Fsp3) is 0.115. The number of imidazole rings is 1. The van der Waals surface area contributed by atoms with E-state index >= 15 is 0 Å². The number of esters is 1. The highest BCUT2D eigenvalue weighted by Gasteiger charge is 2.34. The molecule has 0 spiro atoms. The minimum atomic E-state index is -0.441. The van der Waals surface area contributed by atoms with Gasteiger partial charge in [-0.1, -0.05) is 42.5 Å². The first-order chi connectivity index (χ1) is 16.1. The molecular weight excluding hydrogens is 416 g/mol. The van der Waals surface area contributed by atoms with Crippen LogP contribution in [0, 0.1) is 0 Å². The number of rotatable bonds is 4. The van der Waals surface area contributed by atoms with Crippen molar-refractivity contribution < 1.29 is 14.3 Å². The third-order valence-electron chi connectivity index (χ3n) is 5.75. The predicted octanol–water partition coefficient (Wildman–Crippen LogP) is 4.75. The zero-order valence-electron chi connectivity index (χ0n) is 18.2. The van der Waals surface area contributed by atoms with Gasteiger partial charge in [-0.25, -0.2) is 9.78 Å². The second-order valence-electron chi connectivity index (χ2n) is 7.79. The summed E-state index contributed by atoms with van der Waals surface area (Å²) in [4.78, 5) is 30.2. The van der Waals surface area contributed by atoms with E-state index in [1.807, 2.05) is 78.2 Å². The maximum atomic E-state index is 13.5. The van der Waals surface area contributed by atoms with Gasteiger partial charge in [0.15, 0.2) is 0 Å². The summed E-state index contributed by atoms with van der Waals surface area (Å²) >= 11 is 0. The highest BCUT2D eigenvalue weighted by Crippen LogP contribution is 2.39. The number of para-hydroxylation sites is 3. The number of amides is 1. The molecule has 0 saturated carbocycles. The Labute approximate surface area is 190 Å². The Bertz CT molecular complexity index is 1390. The number of hydrogen-bond donors (Lipinski definition) is 2. The van der Waals surface area contributed by atoms with E-state index in [2.05, 4.69) is 10.6 Å². The molecule has 0 bridgehead atoms. The number of anilines is 2. The van der Waals surface area contributed by atoms with Crippen LogP contribution in [0.25, 0.3) is 11.0 Å². The summed E-state index contributed by atoms with van der Waals surface area (Å²) in [6.45, 7) is 1.87. The first-order valence-electron chi connectivity index (χ1n) is 10.6. The van der Waals surface area contributed by atoms with Crippen LogP contribution in [0.15, 0.2) is 90.1 Å². The Morgan fingerprint density at radius 2 is 1.67 bits per heavy atom. The number of carbonyl (C=O) groups excluding carboxylic acids is 2. The van der Waals surface area contributed by atoms with Crippen molar-refractivity contribution in [3.05, 3.63) is 101 Å². The molecule has 0 fully saturated rings. The zero-order valence-corrected chi connectivity index (χ0v) is 18.2. The molecule has 1 aromatic heterocycles. The molecule has 164 valence electrons. The number of hydrogen-bond acceptors (Lipinski definition) is 5. The number of nitrogens with one attached hydrogen (secondary N) is 2. The number of aromatic nitrogens is 2. The lowest BCUT2D eigenvalue weighted by atomic mass is 9.93. The minimum Gasteiger partial charge on any atom is -0.465 e. The van der Waals surface area contributed by atoms with Crippen molar-refractivity contribution in [1.29, 1.82) is 0 Å². The largest absolute Gasteiger partial charge is 0.465 e. The predicted molar refractivity (Wildman–Crippen MR) is 127 cm³/mol. The van der Waals surface area contributed by atoms with Gasteiger partial charge in [-0.3, -0.25) is 9.36 Å². The molecule has 7 nitrogen and oxygen atoms in total. The number of carbonyl (C=O) groups is 2. The highest BCUT2D eigenvalue weighted by atomic mass is 16.5. The van der Waals surface area contributed by atoms with Gasteiger partial charge in [0.1, 0.15) is 0 Å². The maximum Gasteiger partial charge on any atom is 0.337 e. The van der Waals surface area contributed by atoms with Gasteiger partial charge < -0.3 is 15.4 Å². The van der Waals surface area contributed by atoms with Crippen molar-refractivity contribution in [3.63, 3.8) is 0 Å². The summed E-state index contributed by atoms with van der Waals surface area (Å²) in [5.41, 5.74) is 5.03. The molecule has 33 heavy (non-hydrogen) atoms. The molecule has 1 aliphatic rings. The van der Waals surface area contributed by atoms with Gasteiger partial charge in [0.05, 0.1) is 35.3 Å². The third-order valence-corrected chi connectivity index (χ3v) is 5.75. The normalized spacial score (nSPS) is 15.0. The van der Waals surface area contributed by atoms with Crippen LogP contribution in [0.3, 0.4) is 0 Å². The van der Waals surface area contributed by atoms with Crippen LogP contribution in [0.2, 0.25) is 0 Å². The van der Waals surface area contributed by atoms with Gasteiger partial charge in [0, 0.05) is 11.4 Å². The van der Waals surface area contributed by atoms with Crippen LogP contribution in [0.5, 0.6) is 0 Å².